The lowest BCUT2D eigenvalue weighted by Crippen LogP contribution is -2.36. The number of nitrogens with zero attached hydrogens (tertiary/aromatic N) is 2. The number of rotatable bonds is 21. The molecule has 15 nitrogen and oxygen atoms in total. The Balaban J connectivity index is 1.68. The molecule has 322 valence electrons. The van der Waals surface area contributed by atoms with Crippen molar-refractivity contribution < 1.29 is 57.3 Å². The second-order valence-corrected chi connectivity index (χ2v) is 15.9. The van der Waals surface area contributed by atoms with E-state index in [1.54, 1.807) is 24.3 Å². The van der Waals surface area contributed by atoms with Gasteiger partial charge in [0.15, 0.2) is 29.3 Å². The van der Waals surface area contributed by atoms with Gasteiger partial charge in [0.1, 0.15) is 11.7 Å². The standard InChI is InChI=1S/C42H67N3O12/c1-41(2,3)56-39(47)30-27-34(51-9)37(53-11)35(28-30)54-24-12-15-31(55-38(46)29-25-32(49-7)36(52-10)33(26-29)50-8)16-21-45-20-14-19-44(22-23-45)18-13-17-43-40(48)57-42(4,5)6/h25-28,31,39,47H,12-24H2,1-11H3,(H,43,48)/t31-,39?/m1/s1. The summed E-state index contributed by atoms with van der Waals surface area (Å²) in [5.41, 5.74) is -0.370. The minimum atomic E-state index is -1.21. The highest BCUT2D eigenvalue weighted by Crippen LogP contribution is 2.41. The van der Waals surface area contributed by atoms with Crippen LogP contribution in [0.3, 0.4) is 0 Å². The van der Waals surface area contributed by atoms with E-state index in [0.717, 1.165) is 52.1 Å². The summed E-state index contributed by atoms with van der Waals surface area (Å²) < 4.78 is 51.0. The van der Waals surface area contributed by atoms with Crippen LogP contribution in [-0.2, 0) is 14.2 Å². The van der Waals surface area contributed by atoms with Gasteiger partial charge in [0, 0.05) is 31.7 Å². The summed E-state index contributed by atoms with van der Waals surface area (Å²) in [4.78, 5) is 30.5. The van der Waals surface area contributed by atoms with Gasteiger partial charge in [-0.15, -0.1) is 0 Å². The van der Waals surface area contributed by atoms with Gasteiger partial charge < -0.3 is 62.9 Å². The van der Waals surface area contributed by atoms with Crippen LogP contribution in [0.15, 0.2) is 24.3 Å². The lowest BCUT2D eigenvalue weighted by atomic mass is 10.1. The number of esters is 1. The number of benzene rings is 2. The summed E-state index contributed by atoms with van der Waals surface area (Å²) in [6.07, 6.45) is 1.48. The largest absolute Gasteiger partial charge is 0.493 e. The first kappa shape index (κ1) is 47.2. The minimum absolute atomic E-state index is 0.277. The van der Waals surface area contributed by atoms with Crippen LogP contribution in [0.1, 0.15) is 95.9 Å². The molecule has 2 aromatic rings. The molecule has 0 aliphatic carbocycles. The fraction of sp³-hybridized carbons (Fsp3) is 0.667. The van der Waals surface area contributed by atoms with Crippen molar-refractivity contribution in [2.24, 2.45) is 0 Å². The first-order valence-electron chi connectivity index (χ1n) is 19.7. The summed E-state index contributed by atoms with van der Waals surface area (Å²) >= 11 is 0. The Kier molecular flexibility index (Phi) is 18.8. The van der Waals surface area contributed by atoms with Crippen molar-refractivity contribution in [3.05, 3.63) is 35.4 Å². The van der Waals surface area contributed by atoms with Crippen LogP contribution < -0.4 is 33.7 Å². The van der Waals surface area contributed by atoms with E-state index >= 15 is 0 Å². The SMILES string of the molecule is COc1cc(C(=O)O[C@H](CCCOc2cc(C(O)OC(C)(C)C)cc(OC)c2OC)CCN2CCCN(CCCNC(=O)OC(C)(C)C)CC2)cc(OC)c1OC. The maximum Gasteiger partial charge on any atom is 0.407 e. The number of aliphatic hydroxyl groups is 1. The molecule has 2 N–H and O–H groups in total. The Morgan fingerprint density at radius 2 is 1.28 bits per heavy atom. The summed E-state index contributed by atoms with van der Waals surface area (Å²) in [5, 5.41) is 13.6. The highest BCUT2D eigenvalue weighted by atomic mass is 16.6. The molecule has 1 fully saturated rings. The zero-order valence-corrected chi connectivity index (χ0v) is 36.0. The van der Waals surface area contributed by atoms with Crippen LogP contribution in [0.25, 0.3) is 0 Å². The molecule has 1 saturated heterocycles. The molecule has 1 aliphatic heterocycles. The van der Waals surface area contributed by atoms with Crippen molar-refractivity contribution in [1.82, 2.24) is 15.1 Å². The molecule has 0 bridgehead atoms. The first-order valence-corrected chi connectivity index (χ1v) is 19.7. The fourth-order valence-electron chi connectivity index (χ4n) is 6.38. The number of carbonyl (C=O) groups excluding carboxylic acids is 2. The van der Waals surface area contributed by atoms with Crippen LogP contribution in [0.5, 0.6) is 34.5 Å². The third-order valence-corrected chi connectivity index (χ3v) is 9.09. The topological polar surface area (TPSA) is 156 Å². The quantitative estimate of drug-likeness (QED) is 0.0832. The summed E-state index contributed by atoms with van der Waals surface area (Å²) in [7, 11) is 7.54. The molecule has 57 heavy (non-hydrogen) atoms. The Morgan fingerprint density at radius 3 is 1.84 bits per heavy atom. The van der Waals surface area contributed by atoms with Crippen molar-refractivity contribution in [1.29, 1.82) is 0 Å². The van der Waals surface area contributed by atoms with Crippen LogP contribution in [-0.4, -0.2) is 132 Å². The summed E-state index contributed by atoms with van der Waals surface area (Å²) in [5.74, 6) is 1.77. The number of carbonyl (C=O) groups is 2. The molecule has 15 heteroatoms. The van der Waals surface area contributed by atoms with E-state index in [-0.39, 0.29) is 12.2 Å². The van der Waals surface area contributed by atoms with Crippen molar-refractivity contribution in [2.45, 2.75) is 97.2 Å². The maximum atomic E-state index is 13.7. The molecule has 1 aliphatic rings. The molecular formula is C42H67N3O12. The minimum Gasteiger partial charge on any atom is -0.493 e. The third kappa shape index (κ3) is 15.9. The molecule has 1 heterocycles. The molecule has 0 radical (unpaired) electrons. The smallest absolute Gasteiger partial charge is 0.407 e. The van der Waals surface area contributed by atoms with E-state index in [0.29, 0.717) is 65.9 Å². The monoisotopic (exact) mass is 805 g/mol. The van der Waals surface area contributed by atoms with E-state index in [2.05, 4.69) is 15.1 Å². The predicted octanol–water partition coefficient (Wildman–Crippen LogP) is 6.23. The molecule has 1 amide bonds. The van der Waals surface area contributed by atoms with Gasteiger partial charge in [-0.1, -0.05) is 0 Å². The number of hydrogen-bond acceptors (Lipinski definition) is 14. The Morgan fingerprint density at radius 1 is 0.719 bits per heavy atom. The number of amides is 1. The van der Waals surface area contributed by atoms with Gasteiger partial charge in [0.05, 0.1) is 53.3 Å². The van der Waals surface area contributed by atoms with Crippen LogP contribution in [0.4, 0.5) is 4.79 Å². The van der Waals surface area contributed by atoms with Gasteiger partial charge in [0.2, 0.25) is 11.5 Å². The van der Waals surface area contributed by atoms with E-state index in [4.69, 9.17) is 42.6 Å². The first-order chi connectivity index (χ1) is 27.0. The average Bonchev–Trinajstić information content (AvgIpc) is 3.39. The molecule has 1 unspecified atom stereocenters. The molecule has 2 aromatic carbocycles. The maximum absolute atomic E-state index is 13.7. The molecular weight excluding hydrogens is 738 g/mol. The predicted molar refractivity (Wildman–Crippen MR) is 216 cm³/mol. The zero-order chi connectivity index (χ0) is 42.2. The van der Waals surface area contributed by atoms with Crippen molar-refractivity contribution in [2.75, 3.05) is 88.0 Å². The number of alkyl carbamates (subject to hydrolysis) is 1. The van der Waals surface area contributed by atoms with Gasteiger partial charge in [-0.2, -0.15) is 0 Å². The normalized spacial score (nSPS) is 15.2. The highest BCUT2D eigenvalue weighted by molar-refractivity contribution is 5.91. The summed E-state index contributed by atoms with van der Waals surface area (Å²) in [6.45, 7) is 17.2. The highest BCUT2D eigenvalue weighted by Gasteiger charge is 2.25. The fourth-order valence-corrected chi connectivity index (χ4v) is 6.38. The second kappa shape index (κ2) is 22.7. The zero-order valence-electron chi connectivity index (χ0n) is 36.0. The average molecular weight is 806 g/mol. The van der Waals surface area contributed by atoms with Gasteiger partial charge in [-0.05, 0) is 118 Å². The van der Waals surface area contributed by atoms with Crippen LogP contribution in [0, 0.1) is 0 Å². The molecule has 0 aromatic heterocycles. The number of ether oxygens (including phenoxy) is 9. The number of methoxy groups -OCH3 is 5. The number of aliphatic hydroxyl groups excluding tert-OH is 1. The van der Waals surface area contributed by atoms with E-state index in [1.165, 1.54) is 35.5 Å². The molecule has 0 saturated carbocycles. The van der Waals surface area contributed by atoms with Gasteiger partial charge >= 0.3 is 12.1 Å². The van der Waals surface area contributed by atoms with Crippen molar-refractivity contribution in [3.8, 4) is 34.5 Å². The van der Waals surface area contributed by atoms with E-state index in [1.807, 2.05) is 41.5 Å². The van der Waals surface area contributed by atoms with Crippen LogP contribution in [0.2, 0.25) is 0 Å². The lowest BCUT2D eigenvalue weighted by molar-refractivity contribution is -0.169. The van der Waals surface area contributed by atoms with E-state index in [9.17, 15) is 14.7 Å². The van der Waals surface area contributed by atoms with Crippen molar-refractivity contribution in [3.63, 3.8) is 0 Å². The molecule has 0 spiro atoms. The second-order valence-electron chi connectivity index (χ2n) is 15.9. The van der Waals surface area contributed by atoms with E-state index < -0.39 is 35.7 Å². The number of hydrogen-bond donors (Lipinski definition) is 2. The third-order valence-electron chi connectivity index (χ3n) is 9.09. The van der Waals surface area contributed by atoms with Crippen LogP contribution >= 0.6 is 0 Å². The Hall–Kier alpha value is -4.18. The van der Waals surface area contributed by atoms with Gasteiger partial charge in [-0.3, -0.25) is 0 Å². The number of nitrogens with one attached hydrogen (secondary N) is 1. The summed E-state index contributed by atoms with van der Waals surface area (Å²) in [6, 6.07) is 6.51. The lowest BCUT2D eigenvalue weighted by Gasteiger charge is -2.25. The molecule has 2 atom stereocenters. The molecule has 3 rings (SSSR count). The van der Waals surface area contributed by atoms with Gasteiger partial charge in [-0.25, -0.2) is 9.59 Å². The Bertz CT molecular complexity index is 1530. The Labute approximate surface area is 339 Å². The van der Waals surface area contributed by atoms with Crippen molar-refractivity contribution >= 4 is 12.1 Å². The van der Waals surface area contributed by atoms with Gasteiger partial charge in [0.25, 0.3) is 0 Å².